The number of aliphatic hydroxyl groups excluding tert-OH is 1. The first-order valence-corrected chi connectivity index (χ1v) is 7.78. The lowest BCUT2D eigenvalue weighted by atomic mass is 9.96. The standard InChI is InChI=1S/C19H18O5/c20-10-15-9-16(15)12-3-1-2-11(6-12)7-13-4-5-14(18(21)22)8-17(13)19(23)24/h1-6,8,15-16,20H,7,9-10H2,(H,21,22)(H,23,24). The molecule has 124 valence electrons. The van der Waals surface area contributed by atoms with Gasteiger partial charge in [0.15, 0.2) is 0 Å². The lowest BCUT2D eigenvalue weighted by Gasteiger charge is -2.09. The lowest BCUT2D eigenvalue weighted by molar-refractivity contribution is 0.0695. The van der Waals surface area contributed by atoms with Gasteiger partial charge in [0.25, 0.3) is 0 Å². The van der Waals surface area contributed by atoms with E-state index in [-0.39, 0.29) is 17.7 Å². The molecular formula is C19H18O5. The summed E-state index contributed by atoms with van der Waals surface area (Å²) in [7, 11) is 0. The molecular weight excluding hydrogens is 308 g/mol. The van der Waals surface area contributed by atoms with Crippen LogP contribution in [0.3, 0.4) is 0 Å². The number of rotatable bonds is 6. The van der Waals surface area contributed by atoms with E-state index in [9.17, 15) is 19.8 Å². The molecule has 0 aromatic heterocycles. The molecule has 0 heterocycles. The number of aliphatic hydroxyl groups is 1. The minimum atomic E-state index is -1.14. The summed E-state index contributed by atoms with van der Waals surface area (Å²) in [6, 6.07) is 12.1. The molecule has 0 saturated heterocycles. The van der Waals surface area contributed by atoms with Gasteiger partial charge in [-0.05, 0) is 53.5 Å². The fraction of sp³-hybridized carbons (Fsp3) is 0.263. The molecule has 0 spiro atoms. The van der Waals surface area contributed by atoms with Crippen molar-refractivity contribution in [2.45, 2.75) is 18.8 Å². The van der Waals surface area contributed by atoms with Crippen LogP contribution < -0.4 is 0 Å². The quantitative estimate of drug-likeness (QED) is 0.759. The third-order valence-corrected chi connectivity index (χ3v) is 4.52. The van der Waals surface area contributed by atoms with Crippen molar-refractivity contribution in [3.8, 4) is 0 Å². The van der Waals surface area contributed by atoms with Crippen LogP contribution in [0, 0.1) is 5.92 Å². The van der Waals surface area contributed by atoms with Gasteiger partial charge in [-0.25, -0.2) is 9.59 Å². The van der Waals surface area contributed by atoms with Crippen molar-refractivity contribution in [1.82, 2.24) is 0 Å². The molecule has 1 aliphatic rings. The zero-order chi connectivity index (χ0) is 17.3. The Labute approximate surface area is 139 Å². The van der Waals surface area contributed by atoms with Gasteiger partial charge in [-0.15, -0.1) is 0 Å². The van der Waals surface area contributed by atoms with Gasteiger partial charge in [-0.1, -0.05) is 30.3 Å². The molecule has 1 aliphatic carbocycles. The highest BCUT2D eigenvalue weighted by Crippen LogP contribution is 2.47. The summed E-state index contributed by atoms with van der Waals surface area (Å²) in [4.78, 5) is 22.5. The fourth-order valence-corrected chi connectivity index (χ4v) is 3.07. The topological polar surface area (TPSA) is 94.8 Å². The summed E-state index contributed by atoms with van der Waals surface area (Å²) < 4.78 is 0. The Hall–Kier alpha value is -2.66. The smallest absolute Gasteiger partial charge is 0.336 e. The molecule has 0 radical (unpaired) electrons. The van der Waals surface area contributed by atoms with Crippen LogP contribution in [0.4, 0.5) is 0 Å². The molecule has 5 nitrogen and oxygen atoms in total. The first-order valence-electron chi connectivity index (χ1n) is 7.78. The van der Waals surface area contributed by atoms with Crippen LogP contribution >= 0.6 is 0 Å². The van der Waals surface area contributed by atoms with Crippen molar-refractivity contribution < 1.29 is 24.9 Å². The summed E-state index contributed by atoms with van der Waals surface area (Å²) >= 11 is 0. The zero-order valence-corrected chi connectivity index (χ0v) is 13.0. The fourth-order valence-electron chi connectivity index (χ4n) is 3.07. The molecule has 2 unspecified atom stereocenters. The number of hydrogen-bond acceptors (Lipinski definition) is 3. The average Bonchev–Trinajstić information content (AvgIpc) is 3.35. The maximum absolute atomic E-state index is 11.4. The molecule has 3 N–H and O–H groups in total. The Bertz CT molecular complexity index is 796. The van der Waals surface area contributed by atoms with E-state index in [0.29, 0.717) is 23.8 Å². The summed E-state index contributed by atoms with van der Waals surface area (Å²) in [5, 5.41) is 27.6. The van der Waals surface area contributed by atoms with Crippen LogP contribution in [0.1, 0.15) is 49.7 Å². The van der Waals surface area contributed by atoms with Crippen molar-refractivity contribution >= 4 is 11.9 Å². The van der Waals surface area contributed by atoms with Crippen molar-refractivity contribution in [1.29, 1.82) is 0 Å². The van der Waals surface area contributed by atoms with E-state index in [2.05, 4.69) is 0 Å². The Morgan fingerprint density at radius 3 is 2.46 bits per heavy atom. The van der Waals surface area contributed by atoms with E-state index in [1.165, 1.54) is 12.1 Å². The van der Waals surface area contributed by atoms with Crippen LogP contribution in [0.25, 0.3) is 0 Å². The molecule has 1 fully saturated rings. The normalized spacial score (nSPS) is 19.0. The Kier molecular flexibility index (Phi) is 4.36. The molecule has 5 heteroatoms. The SMILES string of the molecule is O=C(O)c1ccc(Cc2cccc(C3CC3CO)c2)c(C(=O)O)c1. The molecule has 24 heavy (non-hydrogen) atoms. The molecule has 2 aromatic rings. The van der Waals surface area contributed by atoms with E-state index in [4.69, 9.17) is 5.11 Å². The third kappa shape index (κ3) is 3.31. The predicted molar refractivity (Wildman–Crippen MR) is 87.5 cm³/mol. The van der Waals surface area contributed by atoms with Gasteiger partial charge in [0, 0.05) is 6.61 Å². The first-order chi connectivity index (χ1) is 11.5. The highest BCUT2D eigenvalue weighted by molar-refractivity contribution is 5.94. The maximum atomic E-state index is 11.4. The second-order valence-corrected chi connectivity index (χ2v) is 6.19. The zero-order valence-electron chi connectivity index (χ0n) is 13.0. The molecule has 0 amide bonds. The molecule has 2 aromatic carbocycles. The summed E-state index contributed by atoms with van der Waals surface area (Å²) in [5.74, 6) is -1.57. The predicted octanol–water partition coefficient (Wildman–Crippen LogP) is 2.77. The summed E-state index contributed by atoms with van der Waals surface area (Å²) in [6.07, 6.45) is 1.40. The summed E-state index contributed by atoms with van der Waals surface area (Å²) in [5.41, 5.74) is 2.69. The van der Waals surface area contributed by atoms with Gasteiger partial charge in [-0.2, -0.15) is 0 Å². The van der Waals surface area contributed by atoms with Crippen LogP contribution in [-0.4, -0.2) is 33.9 Å². The minimum Gasteiger partial charge on any atom is -0.478 e. The van der Waals surface area contributed by atoms with Gasteiger partial charge in [-0.3, -0.25) is 0 Å². The maximum Gasteiger partial charge on any atom is 0.336 e. The van der Waals surface area contributed by atoms with Crippen molar-refractivity contribution in [2.24, 2.45) is 5.92 Å². The largest absolute Gasteiger partial charge is 0.478 e. The van der Waals surface area contributed by atoms with E-state index in [1.807, 2.05) is 24.3 Å². The average molecular weight is 326 g/mol. The van der Waals surface area contributed by atoms with Crippen molar-refractivity contribution in [3.05, 3.63) is 70.3 Å². The van der Waals surface area contributed by atoms with Gasteiger partial charge in [0.2, 0.25) is 0 Å². The monoisotopic (exact) mass is 326 g/mol. The Balaban J connectivity index is 1.87. The number of carboxylic acids is 2. The van der Waals surface area contributed by atoms with Crippen molar-refractivity contribution in [2.75, 3.05) is 6.61 Å². The number of carboxylic acid groups (broad SMARTS) is 2. The van der Waals surface area contributed by atoms with Crippen LogP contribution in [0.15, 0.2) is 42.5 Å². The van der Waals surface area contributed by atoms with Crippen LogP contribution in [0.2, 0.25) is 0 Å². The second kappa shape index (κ2) is 6.45. The molecule has 0 bridgehead atoms. The van der Waals surface area contributed by atoms with Gasteiger partial charge in [0.1, 0.15) is 0 Å². The number of aromatic carboxylic acids is 2. The molecule has 2 atom stereocenters. The lowest BCUT2D eigenvalue weighted by Crippen LogP contribution is -2.07. The van der Waals surface area contributed by atoms with Gasteiger partial charge < -0.3 is 15.3 Å². The first kappa shape index (κ1) is 16.2. The minimum absolute atomic E-state index is 0.0139. The number of hydrogen-bond donors (Lipinski definition) is 3. The van der Waals surface area contributed by atoms with Crippen LogP contribution in [0.5, 0.6) is 0 Å². The molecule has 3 rings (SSSR count). The Morgan fingerprint density at radius 1 is 1.04 bits per heavy atom. The second-order valence-electron chi connectivity index (χ2n) is 6.19. The van der Waals surface area contributed by atoms with E-state index >= 15 is 0 Å². The molecule has 0 aliphatic heterocycles. The highest BCUT2D eigenvalue weighted by Gasteiger charge is 2.37. The van der Waals surface area contributed by atoms with Crippen LogP contribution in [-0.2, 0) is 6.42 Å². The highest BCUT2D eigenvalue weighted by atomic mass is 16.4. The number of carbonyl (C=O) groups is 2. The van der Waals surface area contributed by atoms with Crippen molar-refractivity contribution in [3.63, 3.8) is 0 Å². The summed E-state index contributed by atoms with van der Waals surface area (Å²) in [6.45, 7) is 0.189. The van der Waals surface area contributed by atoms with Gasteiger partial charge in [0.05, 0.1) is 11.1 Å². The van der Waals surface area contributed by atoms with Gasteiger partial charge >= 0.3 is 11.9 Å². The third-order valence-electron chi connectivity index (χ3n) is 4.52. The Morgan fingerprint density at radius 2 is 1.83 bits per heavy atom. The van der Waals surface area contributed by atoms with E-state index in [0.717, 1.165) is 17.5 Å². The number of benzene rings is 2. The van der Waals surface area contributed by atoms with E-state index in [1.54, 1.807) is 6.07 Å². The van der Waals surface area contributed by atoms with E-state index < -0.39 is 11.9 Å². The molecule has 1 saturated carbocycles.